The van der Waals surface area contributed by atoms with Crippen molar-refractivity contribution in [2.24, 2.45) is 4.99 Å². The number of aliphatic imine (C=N–C) groups is 1. The number of aliphatic hydroxyl groups excluding tert-OH is 1. The SMILES string of the molecule is CC.CN(CCO)C(=O)NC(=Nc1ccc2nc(C(F)(F)F)sc2c1)N(C=O)Cc1ccc(Cl)cc1. The van der Waals surface area contributed by atoms with E-state index >= 15 is 0 Å². The first-order valence-corrected chi connectivity index (χ1v) is 12.0. The molecule has 8 nitrogen and oxygen atoms in total. The molecule has 3 amide bonds. The van der Waals surface area contributed by atoms with Crippen molar-refractivity contribution < 1.29 is 27.9 Å². The number of carbonyl (C=O) groups is 2. The average molecular weight is 544 g/mol. The maximum absolute atomic E-state index is 13.0. The Morgan fingerprint density at radius 2 is 1.89 bits per heavy atom. The molecule has 0 bridgehead atoms. The molecule has 2 aromatic carbocycles. The first-order chi connectivity index (χ1) is 17.1. The molecule has 36 heavy (non-hydrogen) atoms. The fourth-order valence-electron chi connectivity index (χ4n) is 2.78. The molecule has 1 aromatic heterocycles. The number of guanidine groups is 1. The van der Waals surface area contributed by atoms with Crippen LogP contribution in [0.25, 0.3) is 10.2 Å². The van der Waals surface area contributed by atoms with Crippen LogP contribution in [0.15, 0.2) is 47.5 Å². The summed E-state index contributed by atoms with van der Waals surface area (Å²) in [6.45, 7) is 3.79. The molecule has 1 heterocycles. The standard InChI is InChI=1S/C21H19ClF3N5O3S.C2H6/c1-29(8-9-31)20(33)28-19(30(12-32)11-13-2-4-14(22)5-3-13)26-15-6-7-16-17(10-15)34-18(27-16)21(23,24)25;1-2/h2-7,10,12,31H,8-9,11H2,1H3,(H,26,28,33);1-2H3. The molecular weight excluding hydrogens is 519 g/mol. The molecule has 0 atom stereocenters. The van der Waals surface area contributed by atoms with E-state index in [-0.39, 0.29) is 41.6 Å². The molecule has 0 spiro atoms. The van der Waals surface area contributed by atoms with Gasteiger partial charge in [0.15, 0.2) is 5.01 Å². The molecule has 2 N–H and O–H groups in total. The summed E-state index contributed by atoms with van der Waals surface area (Å²) in [7, 11) is 1.44. The third-order valence-electron chi connectivity index (χ3n) is 4.52. The first kappa shape index (κ1) is 29.0. The highest BCUT2D eigenvalue weighted by molar-refractivity contribution is 7.18. The van der Waals surface area contributed by atoms with Crippen LogP contribution in [0, 0.1) is 0 Å². The van der Waals surface area contributed by atoms with E-state index in [2.05, 4.69) is 15.3 Å². The van der Waals surface area contributed by atoms with Crippen molar-refractivity contribution in [2.45, 2.75) is 26.6 Å². The molecule has 0 unspecified atom stereocenters. The fourth-order valence-corrected chi connectivity index (χ4v) is 3.77. The van der Waals surface area contributed by atoms with E-state index in [4.69, 9.17) is 16.7 Å². The Balaban J connectivity index is 0.00000222. The predicted molar refractivity (Wildman–Crippen MR) is 134 cm³/mol. The van der Waals surface area contributed by atoms with E-state index in [1.165, 1.54) is 30.1 Å². The number of carbonyl (C=O) groups excluding carboxylic acids is 2. The van der Waals surface area contributed by atoms with E-state index < -0.39 is 17.2 Å². The lowest BCUT2D eigenvalue weighted by atomic mass is 10.2. The van der Waals surface area contributed by atoms with Crippen LogP contribution >= 0.6 is 22.9 Å². The van der Waals surface area contributed by atoms with Crippen molar-refractivity contribution in [3.05, 3.63) is 58.1 Å². The van der Waals surface area contributed by atoms with Crippen LogP contribution in [0.3, 0.4) is 0 Å². The number of urea groups is 1. The molecular formula is C23H25ClF3N5O3S. The lowest BCUT2D eigenvalue weighted by Crippen LogP contribution is -2.48. The summed E-state index contributed by atoms with van der Waals surface area (Å²) >= 11 is 6.36. The van der Waals surface area contributed by atoms with Crippen molar-refractivity contribution in [2.75, 3.05) is 20.2 Å². The molecule has 3 rings (SSSR count). The number of aromatic nitrogens is 1. The Morgan fingerprint density at radius 1 is 1.22 bits per heavy atom. The van der Waals surface area contributed by atoms with Gasteiger partial charge in [-0.05, 0) is 35.9 Å². The molecule has 13 heteroatoms. The molecule has 0 aliphatic heterocycles. The van der Waals surface area contributed by atoms with Gasteiger partial charge in [0.1, 0.15) is 0 Å². The third kappa shape index (κ3) is 7.90. The predicted octanol–water partition coefficient (Wildman–Crippen LogP) is 5.27. The maximum atomic E-state index is 13.0. The molecule has 0 fully saturated rings. The summed E-state index contributed by atoms with van der Waals surface area (Å²) < 4.78 is 39.2. The van der Waals surface area contributed by atoms with Gasteiger partial charge in [-0.25, -0.2) is 14.8 Å². The summed E-state index contributed by atoms with van der Waals surface area (Å²) in [4.78, 5) is 34.6. The van der Waals surface area contributed by atoms with Gasteiger partial charge in [-0.15, -0.1) is 11.3 Å². The Hall–Kier alpha value is -3.22. The topological polar surface area (TPSA) is 98.1 Å². The Morgan fingerprint density at radius 3 is 2.47 bits per heavy atom. The van der Waals surface area contributed by atoms with Gasteiger partial charge < -0.3 is 10.0 Å². The van der Waals surface area contributed by atoms with Crippen LogP contribution in [-0.2, 0) is 17.5 Å². The molecule has 0 saturated carbocycles. The summed E-state index contributed by atoms with van der Waals surface area (Å²) in [6, 6.07) is 10.2. The molecule has 0 saturated heterocycles. The van der Waals surface area contributed by atoms with Crippen LogP contribution < -0.4 is 5.32 Å². The number of amides is 3. The Kier molecular flexibility index (Phi) is 10.6. The number of hydrogen-bond acceptors (Lipinski definition) is 6. The fraction of sp³-hybridized carbons (Fsp3) is 0.304. The molecule has 3 aromatic rings. The first-order valence-electron chi connectivity index (χ1n) is 10.8. The van der Waals surface area contributed by atoms with Gasteiger partial charge >= 0.3 is 12.2 Å². The number of likely N-dealkylation sites (N-methyl/N-ethyl adjacent to an activating group) is 1. The largest absolute Gasteiger partial charge is 0.443 e. The molecule has 194 valence electrons. The van der Waals surface area contributed by atoms with Gasteiger partial charge in [-0.1, -0.05) is 37.6 Å². The van der Waals surface area contributed by atoms with E-state index in [0.29, 0.717) is 28.3 Å². The second-order valence-corrected chi connectivity index (χ2v) is 8.51. The lowest BCUT2D eigenvalue weighted by Gasteiger charge is -2.23. The minimum absolute atomic E-state index is 0.0322. The summed E-state index contributed by atoms with van der Waals surface area (Å²) in [6.07, 6.45) is -4.11. The maximum Gasteiger partial charge on any atom is 0.443 e. The molecule has 0 radical (unpaired) electrons. The number of alkyl halides is 3. The highest BCUT2D eigenvalue weighted by Crippen LogP contribution is 2.36. The number of thiazole rings is 1. The lowest BCUT2D eigenvalue weighted by molar-refractivity contribution is -0.137. The number of aliphatic hydroxyl groups is 1. The minimum atomic E-state index is -4.57. The van der Waals surface area contributed by atoms with Crippen LogP contribution in [0.2, 0.25) is 5.02 Å². The van der Waals surface area contributed by atoms with E-state index in [1.54, 1.807) is 24.3 Å². The average Bonchev–Trinajstić information content (AvgIpc) is 3.29. The summed E-state index contributed by atoms with van der Waals surface area (Å²) in [5.74, 6) is -0.153. The summed E-state index contributed by atoms with van der Waals surface area (Å²) in [5, 5.41) is 11.1. The van der Waals surface area contributed by atoms with E-state index in [0.717, 1.165) is 4.90 Å². The van der Waals surface area contributed by atoms with Crippen molar-refractivity contribution in [1.82, 2.24) is 20.1 Å². The van der Waals surface area contributed by atoms with Gasteiger partial charge in [0.05, 0.1) is 29.1 Å². The number of nitrogens with zero attached hydrogens (tertiary/aromatic N) is 4. The zero-order valence-corrected chi connectivity index (χ0v) is 21.3. The van der Waals surface area contributed by atoms with Gasteiger partial charge in [0.2, 0.25) is 12.4 Å². The number of benzene rings is 2. The second kappa shape index (κ2) is 13.2. The van der Waals surface area contributed by atoms with Crippen molar-refractivity contribution in [1.29, 1.82) is 0 Å². The monoisotopic (exact) mass is 543 g/mol. The van der Waals surface area contributed by atoms with Crippen LogP contribution in [-0.4, -0.2) is 58.5 Å². The zero-order chi connectivity index (χ0) is 26.9. The quantitative estimate of drug-likeness (QED) is 0.251. The number of fused-ring (bicyclic) bond motifs is 1. The number of hydrogen-bond donors (Lipinski definition) is 2. The van der Waals surface area contributed by atoms with Crippen molar-refractivity contribution in [3.8, 4) is 0 Å². The highest BCUT2D eigenvalue weighted by Gasteiger charge is 2.34. The van der Waals surface area contributed by atoms with Gasteiger partial charge in [-0.2, -0.15) is 13.2 Å². The van der Waals surface area contributed by atoms with Crippen LogP contribution in [0.1, 0.15) is 24.4 Å². The normalized spacial score (nSPS) is 11.5. The van der Waals surface area contributed by atoms with Gasteiger partial charge in [0.25, 0.3) is 0 Å². The second-order valence-electron chi connectivity index (χ2n) is 7.04. The van der Waals surface area contributed by atoms with Crippen LogP contribution in [0.4, 0.5) is 23.7 Å². The molecule has 0 aliphatic carbocycles. The third-order valence-corrected chi connectivity index (χ3v) is 5.83. The Bertz CT molecular complexity index is 1200. The Labute approximate surface area is 215 Å². The molecule has 0 aliphatic rings. The van der Waals surface area contributed by atoms with Gasteiger partial charge in [0, 0.05) is 18.6 Å². The van der Waals surface area contributed by atoms with E-state index in [1.807, 2.05) is 13.8 Å². The zero-order valence-electron chi connectivity index (χ0n) is 19.7. The smallest absolute Gasteiger partial charge is 0.395 e. The number of halogens is 4. The summed E-state index contributed by atoms with van der Waals surface area (Å²) in [5.41, 5.74) is 1.04. The highest BCUT2D eigenvalue weighted by atomic mass is 35.5. The number of nitrogens with one attached hydrogen (secondary N) is 1. The number of rotatable bonds is 6. The van der Waals surface area contributed by atoms with Crippen molar-refractivity contribution >= 4 is 57.2 Å². The minimum Gasteiger partial charge on any atom is -0.395 e. The van der Waals surface area contributed by atoms with E-state index in [9.17, 15) is 22.8 Å². The van der Waals surface area contributed by atoms with Crippen molar-refractivity contribution in [3.63, 3.8) is 0 Å². The van der Waals surface area contributed by atoms with Gasteiger partial charge in [-0.3, -0.25) is 15.0 Å². The van der Waals surface area contributed by atoms with Crippen LogP contribution in [0.5, 0.6) is 0 Å².